The average molecular weight is 236 g/mol. The van der Waals surface area contributed by atoms with E-state index in [0.717, 1.165) is 12.8 Å². The van der Waals surface area contributed by atoms with Crippen LogP contribution in [0.1, 0.15) is 47.0 Å². The summed E-state index contributed by atoms with van der Waals surface area (Å²) in [5.41, 5.74) is 2.36. The molecule has 0 bridgehead atoms. The minimum Gasteiger partial charge on any atom is -0.458 e. The lowest BCUT2D eigenvalue weighted by Gasteiger charge is -2.28. The van der Waals surface area contributed by atoms with E-state index in [-0.39, 0.29) is 12.1 Å². The first-order valence-corrected chi connectivity index (χ1v) is 6.41. The number of hydrogen-bond donors (Lipinski definition) is 0. The van der Waals surface area contributed by atoms with Crippen LogP contribution in [-0.2, 0) is 9.53 Å². The third kappa shape index (κ3) is 4.37. The van der Waals surface area contributed by atoms with Crippen molar-refractivity contribution in [2.75, 3.05) is 0 Å². The molecule has 17 heavy (non-hydrogen) atoms. The molecule has 0 saturated heterocycles. The van der Waals surface area contributed by atoms with Crippen molar-refractivity contribution < 1.29 is 9.53 Å². The van der Waals surface area contributed by atoms with Gasteiger partial charge in [-0.05, 0) is 44.1 Å². The molecule has 0 radical (unpaired) electrons. The van der Waals surface area contributed by atoms with Gasteiger partial charge in [-0.25, -0.2) is 0 Å². The predicted octanol–water partition coefficient (Wildman–Crippen LogP) is 3.88. The largest absolute Gasteiger partial charge is 0.458 e. The zero-order valence-corrected chi connectivity index (χ0v) is 11.5. The van der Waals surface area contributed by atoms with Gasteiger partial charge < -0.3 is 4.74 Å². The van der Waals surface area contributed by atoms with Gasteiger partial charge in [-0.15, -0.1) is 0 Å². The lowest BCUT2D eigenvalue weighted by atomic mass is 9.84. The normalized spacial score (nSPS) is 24.4. The van der Waals surface area contributed by atoms with Crippen LogP contribution >= 0.6 is 0 Å². The Labute approximate surface area is 105 Å². The van der Waals surface area contributed by atoms with E-state index in [1.807, 2.05) is 27.7 Å². The second kappa shape index (κ2) is 6.04. The molecule has 0 aromatic heterocycles. The lowest BCUT2D eigenvalue weighted by molar-refractivity contribution is -0.149. The van der Waals surface area contributed by atoms with Crippen molar-refractivity contribution in [3.8, 4) is 0 Å². The molecule has 0 aliphatic heterocycles. The van der Waals surface area contributed by atoms with Gasteiger partial charge in [0.1, 0.15) is 6.10 Å². The van der Waals surface area contributed by atoms with Gasteiger partial charge in [0.15, 0.2) is 0 Å². The Hall–Kier alpha value is -1.05. The summed E-state index contributed by atoms with van der Waals surface area (Å²) >= 11 is 0. The van der Waals surface area contributed by atoms with Crippen molar-refractivity contribution in [3.63, 3.8) is 0 Å². The molecular weight excluding hydrogens is 212 g/mol. The Morgan fingerprint density at radius 2 is 2.24 bits per heavy atom. The molecule has 0 N–H and O–H groups in total. The third-order valence-electron chi connectivity index (χ3n) is 3.28. The topological polar surface area (TPSA) is 26.3 Å². The predicted molar refractivity (Wildman–Crippen MR) is 70.6 cm³/mol. The molecule has 0 amide bonds. The molecule has 0 unspecified atom stereocenters. The van der Waals surface area contributed by atoms with Crippen molar-refractivity contribution in [1.82, 2.24) is 0 Å². The monoisotopic (exact) mass is 236 g/mol. The van der Waals surface area contributed by atoms with E-state index < -0.39 is 0 Å². The summed E-state index contributed by atoms with van der Waals surface area (Å²) in [6.07, 6.45) is 4.55. The first-order chi connectivity index (χ1) is 7.90. The van der Waals surface area contributed by atoms with Gasteiger partial charge in [-0.2, -0.15) is 0 Å². The minimum absolute atomic E-state index is 0.0447. The Balaban J connectivity index is 2.57. The Kier molecular flexibility index (Phi) is 4.98. The molecule has 0 aromatic carbocycles. The first kappa shape index (κ1) is 14.0. The third-order valence-corrected chi connectivity index (χ3v) is 3.28. The summed E-state index contributed by atoms with van der Waals surface area (Å²) in [7, 11) is 0. The van der Waals surface area contributed by atoms with Crippen LogP contribution in [0.25, 0.3) is 0 Å². The second-order valence-corrected chi connectivity index (χ2v) is 5.54. The number of carbonyl (C=O) groups is 1. The highest BCUT2D eigenvalue weighted by atomic mass is 16.5. The van der Waals surface area contributed by atoms with E-state index in [2.05, 4.69) is 12.7 Å². The molecule has 0 saturated carbocycles. The van der Waals surface area contributed by atoms with Crippen molar-refractivity contribution in [1.29, 1.82) is 0 Å². The highest BCUT2D eigenvalue weighted by Crippen LogP contribution is 2.30. The van der Waals surface area contributed by atoms with E-state index >= 15 is 0 Å². The van der Waals surface area contributed by atoms with Gasteiger partial charge in [-0.1, -0.05) is 32.1 Å². The molecule has 2 atom stereocenters. The summed E-state index contributed by atoms with van der Waals surface area (Å²) in [5, 5.41) is 0. The molecule has 2 nitrogen and oxygen atoms in total. The summed E-state index contributed by atoms with van der Waals surface area (Å²) < 4.78 is 5.55. The lowest BCUT2D eigenvalue weighted by Crippen LogP contribution is -2.26. The summed E-state index contributed by atoms with van der Waals surface area (Å²) in [4.78, 5) is 11.7. The summed E-state index contributed by atoms with van der Waals surface area (Å²) in [6.45, 7) is 12.1. The van der Waals surface area contributed by atoms with E-state index in [1.54, 1.807) is 0 Å². The van der Waals surface area contributed by atoms with Crippen molar-refractivity contribution in [2.45, 2.75) is 53.1 Å². The maximum atomic E-state index is 11.7. The maximum absolute atomic E-state index is 11.7. The molecule has 0 aromatic rings. The number of carbonyl (C=O) groups excluding carboxylic acids is 1. The van der Waals surface area contributed by atoms with Crippen LogP contribution in [0.5, 0.6) is 0 Å². The summed E-state index contributed by atoms with van der Waals surface area (Å²) in [6, 6.07) is 0. The van der Waals surface area contributed by atoms with Crippen LogP contribution in [0.3, 0.4) is 0 Å². The molecule has 1 rings (SSSR count). The molecule has 1 aliphatic rings. The number of rotatable bonds is 4. The van der Waals surface area contributed by atoms with Crippen molar-refractivity contribution in [3.05, 3.63) is 23.8 Å². The van der Waals surface area contributed by atoms with Gasteiger partial charge in [0.05, 0.1) is 0 Å². The fraction of sp³-hybridized carbons (Fsp3) is 0.667. The number of hydrogen-bond acceptors (Lipinski definition) is 2. The number of ether oxygens (including phenoxy) is 1. The molecule has 1 aliphatic carbocycles. The van der Waals surface area contributed by atoms with Gasteiger partial charge >= 0.3 is 5.97 Å². The van der Waals surface area contributed by atoms with E-state index in [4.69, 9.17) is 4.74 Å². The molecule has 0 heterocycles. The smallest absolute Gasteiger partial charge is 0.306 e. The number of allylic oxidation sites excluding steroid dienone is 2. The fourth-order valence-electron chi connectivity index (χ4n) is 2.08. The molecule has 0 spiro atoms. The van der Waals surface area contributed by atoms with Crippen LogP contribution in [-0.4, -0.2) is 12.1 Å². The van der Waals surface area contributed by atoms with Gasteiger partial charge in [0, 0.05) is 6.42 Å². The Bertz CT molecular complexity index is 326. The van der Waals surface area contributed by atoms with Crippen molar-refractivity contribution in [2.24, 2.45) is 11.8 Å². The van der Waals surface area contributed by atoms with Gasteiger partial charge in [0.25, 0.3) is 0 Å². The highest BCUT2D eigenvalue weighted by Gasteiger charge is 2.25. The fourth-order valence-corrected chi connectivity index (χ4v) is 2.08. The average Bonchev–Trinajstić information content (AvgIpc) is 2.19. The highest BCUT2D eigenvalue weighted by molar-refractivity contribution is 5.70. The maximum Gasteiger partial charge on any atom is 0.306 e. The van der Waals surface area contributed by atoms with E-state index in [0.29, 0.717) is 18.3 Å². The zero-order valence-electron chi connectivity index (χ0n) is 11.5. The van der Waals surface area contributed by atoms with Crippen LogP contribution in [0, 0.1) is 11.8 Å². The first-order valence-electron chi connectivity index (χ1n) is 6.41. The standard InChI is InChI=1S/C15H24O2/c1-10(2)8-15(16)17-14-9-13(11(3)4)7-6-12(14)5/h6,10,13-14H,3,7-9H2,1-2,4-5H3/t13-,14+/m0/s1. The molecular formula is C15H24O2. The van der Waals surface area contributed by atoms with Gasteiger partial charge in [-0.3, -0.25) is 4.79 Å². The Morgan fingerprint density at radius 3 is 2.76 bits per heavy atom. The Morgan fingerprint density at radius 1 is 1.59 bits per heavy atom. The van der Waals surface area contributed by atoms with E-state index in [9.17, 15) is 4.79 Å². The number of esters is 1. The van der Waals surface area contributed by atoms with Gasteiger partial charge in [0.2, 0.25) is 0 Å². The van der Waals surface area contributed by atoms with E-state index in [1.165, 1.54) is 11.1 Å². The SMILES string of the molecule is C=C(C)[C@H]1CC=C(C)[C@H](OC(=O)CC(C)C)C1. The molecule has 96 valence electrons. The van der Waals surface area contributed by atoms with Crippen LogP contribution < -0.4 is 0 Å². The molecule has 0 fully saturated rings. The van der Waals surface area contributed by atoms with Crippen LogP contribution in [0.2, 0.25) is 0 Å². The van der Waals surface area contributed by atoms with Crippen LogP contribution in [0.15, 0.2) is 23.8 Å². The second-order valence-electron chi connectivity index (χ2n) is 5.54. The quantitative estimate of drug-likeness (QED) is 0.547. The molecule has 2 heteroatoms. The van der Waals surface area contributed by atoms with Crippen LogP contribution in [0.4, 0.5) is 0 Å². The van der Waals surface area contributed by atoms with Crippen molar-refractivity contribution >= 4 is 5.97 Å². The minimum atomic E-state index is -0.0832. The summed E-state index contributed by atoms with van der Waals surface area (Å²) in [5.74, 6) is 0.725. The zero-order chi connectivity index (χ0) is 13.0.